The lowest BCUT2D eigenvalue weighted by atomic mass is 10.0. The monoisotopic (exact) mass is 221 g/mol. The Morgan fingerprint density at radius 1 is 1.31 bits per heavy atom. The van der Waals surface area contributed by atoms with Crippen LogP contribution < -0.4 is 4.90 Å². The van der Waals surface area contributed by atoms with E-state index >= 15 is 0 Å². The Bertz CT molecular complexity index is 399. The molecule has 0 aliphatic rings. The molecule has 0 spiro atoms. The highest BCUT2D eigenvalue weighted by molar-refractivity contribution is 5.87. The minimum absolute atomic E-state index is 0.541. The van der Waals surface area contributed by atoms with Crippen molar-refractivity contribution in [3.8, 4) is 0 Å². The van der Waals surface area contributed by atoms with Gasteiger partial charge in [-0.15, -0.1) is 0 Å². The summed E-state index contributed by atoms with van der Waals surface area (Å²) in [6.07, 6.45) is -0.0615. The van der Waals surface area contributed by atoms with Crippen LogP contribution in [0, 0.1) is 20.8 Å². The Balaban J connectivity index is 3.23. The Kier molecular flexibility index (Phi) is 3.93. The third kappa shape index (κ3) is 2.54. The lowest BCUT2D eigenvalue weighted by Crippen LogP contribution is -2.30. The Morgan fingerprint density at radius 3 is 2.44 bits per heavy atom. The fourth-order valence-corrected chi connectivity index (χ4v) is 1.84. The first-order chi connectivity index (χ1) is 7.47. The molecule has 0 bridgehead atoms. The zero-order chi connectivity index (χ0) is 12.3. The lowest BCUT2D eigenvalue weighted by molar-refractivity contribution is 0.201. The quantitative estimate of drug-likeness (QED) is 0.848. The molecular formula is C13H19NO2. The highest BCUT2D eigenvalue weighted by Crippen LogP contribution is 2.25. The molecule has 0 atom stereocenters. The van der Waals surface area contributed by atoms with E-state index in [1.165, 1.54) is 4.90 Å². The molecule has 3 nitrogen and oxygen atoms in total. The van der Waals surface area contributed by atoms with Gasteiger partial charge in [-0.05, 0) is 49.9 Å². The normalized spacial score (nSPS) is 10.2. The van der Waals surface area contributed by atoms with E-state index in [0.717, 1.165) is 28.8 Å². The van der Waals surface area contributed by atoms with Gasteiger partial charge >= 0.3 is 6.09 Å². The van der Waals surface area contributed by atoms with Crippen molar-refractivity contribution in [3.05, 3.63) is 28.8 Å². The molecule has 0 saturated carbocycles. The summed E-state index contributed by atoms with van der Waals surface area (Å²) in [7, 11) is 0. The number of carboxylic acid groups (broad SMARTS) is 1. The molecule has 1 amide bonds. The number of nitrogens with zero attached hydrogens (tertiary/aromatic N) is 1. The van der Waals surface area contributed by atoms with Gasteiger partial charge in [-0.1, -0.05) is 13.0 Å². The number of rotatable bonds is 3. The summed E-state index contributed by atoms with van der Waals surface area (Å²) in [4.78, 5) is 12.6. The summed E-state index contributed by atoms with van der Waals surface area (Å²) in [6.45, 7) is 8.49. The van der Waals surface area contributed by atoms with E-state index in [2.05, 4.69) is 6.07 Å². The van der Waals surface area contributed by atoms with Crippen molar-refractivity contribution in [2.75, 3.05) is 11.4 Å². The van der Waals surface area contributed by atoms with E-state index in [4.69, 9.17) is 0 Å². The number of amides is 1. The summed E-state index contributed by atoms with van der Waals surface area (Å²) in [5, 5.41) is 9.19. The van der Waals surface area contributed by atoms with Crippen molar-refractivity contribution >= 4 is 11.8 Å². The SMILES string of the molecule is CCCN(C(=O)O)c1cc(C)cc(C)c1C. The summed E-state index contributed by atoms with van der Waals surface area (Å²) in [6, 6.07) is 4.01. The van der Waals surface area contributed by atoms with Crippen LogP contribution in [-0.2, 0) is 0 Å². The third-order valence-electron chi connectivity index (χ3n) is 2.75. The topological polar surface area (TPSA) is 40.5 Å². The number of hydrogen-bond donors (Lipinski definition) is 1. The molecule has 88 valence electrons. The zero-order valence-electron chi connectivity index (χ0n) is 10.4. The molecule has 0 saturated heterocycles. The minimum Gasteiger partial charge on any atom is -0.465 e. The summed E-state index contributed by atoms with van der Waals surface area (Å²) >= 11 is 0. The van der Waals surface area contributed by atoms with Crippen LogP contribution in [0.5, 0.6) is 0 Å². The van der Waals surface area contributed by atoms with Crippen molar-refractivity contribution in [2.45, 2.75) is 34.1 Å². The number of hydrogen-bond acceptors (Lipinski definition) is 1. The van der Waals surface area contributed by atoms with Crippen molar-refractivity contribution in [2.24, 2.45) is 0 Å². The summed E-state index contributed by atoms with van der Waals surface area (Å²) in [5.41, 5.74) is 4.09. The highest BCUT2D eigenvalue weighted by atomic mass is 16.4. The van der Waals surface area contributed by atoms with E-state index in [0.29, 0.717) is 6.54 Å². The highest BCUT2D eigenvalue weighted by Gasteiger charge is 2.16. The second-order valence-electron chi connectivity index (χ2n) is 4.16. The average molecular weight is 221 g/mol. The van der Waals surface area contributed by atoms with Gasteiger partial charge in [-0.3, -0.25) is 4.90 Å². The maximum atomic E-state index is 11.2. The predicted molar refractivity (Wildman–Crippen MR) is 66.3 cm³/mol. The van der Waals surface area contributed by atoms with Crippen LogP contribution in [0.4, 0.5) is 10.5 Å². The Morgan fingerprint density at radius 2 is 1.94 bits per heavy atom. The van der Waals surface area contributed by atoms with E-state index < -0.39 is 6.09 Å². The van der Waals surface area contributed by atoms with Crippen LogP contribution in [0.1, 0.15) is 30.0 Å². The predicted octanol–water partition coefficient (Wildman–Crippen LogP) is 3.51. The lowest BCUT2D eigenvalue weighted by Gasteiger charge is -2.22. The fourth-order valence-electron chi connectivity index (χ4n) is 1.84. The maximum absolute atomic E-state index is 11.2. The van der Waals surface area contributed by atoms with Crippen molar-refractivity contribution in [1.82, 2.24) is 0 Å². The number of carbonyl (C=O) groups is 1. The molecule has 1 aromatic rings. The van der Waals surface area contributed by atoms with Crippen LogP contribution >= 0.6 is 0 Å². The summed E-state index contributed by atoms with van der Waals surface area (Å²) < 4.78 is 0. The van der Waals surface area contributed by atoms with E-state index in [1.807, 2.05) is 33.8 Å². The number of benzene rings is 1. The van der Waals surface area contributed by atoms with Gasteiger partial charge in [0.2, 0.25) is 0 Å². The Hall–Kier alpha value is -1.51. The van der Waals surface area contributed by atoms with Gasteiger partial charge in [0.15, 0.2) is 0 Å². The zero-order valence-corrected chi connectivity index (χ0v) is 10.4. The second kappa shape index (κ2) is 5.01. The smallest absolute Gasteiger partial charge is 0.411 e. The molecule has 1 rings (SSSR count). The van der Waals surface area contributed by atoms with Gasteiger partial charge in [0.05, 0.1) is 5.69 Å². The van der Waals surface area contributed by atoms with Crippen LogP contribution in [0.15, 0.2) is 12.1 Å². The molecule has 1 N–H and O–H groups in total. The molecule has 0 aromatic heterocycles. The van der Waals surface area contributed by atoms with Crippen molar-refractivity contribution in [1.29, 1.82) is 0 Å². The molecule has 0 aliphatic carbocycles. The first kappa shape index (κ1) is 12.6. The first-order valence-corrected chi connectivity index (χ1v) is 5.55. The molecule has 0 heterocycles. The second-order valence-corrected chi connectivity index (χ2v) is 4.16. The van der Waals surface area contributed by atoms with Gasteiger partial charge in [0.25, 0.3) is 0 Å². The van der Waals surface area contributed by atoms with E-state index in [9.17, 15) is 9.90 Å². The van der Waals surface area contributed by atoms with Gasteiger partial charge in [-0.25, -0.2) is 4.79 Å². The van der Waals surface area contributed by atoms with Gasteiger partial charge < -0.3 is 5.11 Å². The minimum atomic E-state index is -0.880. The molecule has 0 aliphatic heterocycles. The maximum Gasteiger partial charge on any atom is 0.411 e. The molecule has 16 heavy (non-hydrogen) atoms. The average Bonchev–Trinajstić information content (AvgIpc) is 2.20. The van der Waals surface area contributed by atoms with Crippen LogP contribution in [-0.4, -0.2) is 17.7 Å². The summed E-state index contributed by atoms with van der Waals surface area (Å²) in [5.74, 6) is 0. The standard InChI is InChI=1S/C13H19NO2/c1-5-6-14(13(15)16)12-8-9(2)7-10(3)11(12)4/h7-8H,5-6H2,1-4H3,(H,15,16). The number of anilines is 1. The fraction of sp³-hybridized carbons (Fsp3) is 0.462. The van der Waals surface area contributed by atoms with Crippen LogP contribution in [0.25, 0.3) is 0 Å². The van der Waals surface area contributed by atoms with Gasteiger partial charge in [-0.2, -0.15) is 0 Å². The van der Waals surface area contributed by atoms with E-state index in [-0.39, 0.29) is 0 Å². The number of aryl methyl sites for hydroxylation is 2. The molecule has 0 radical (unpaired) electrons. The third-order valence-corrected chi connectivity index (χ3v) is 2.75. The van der Waals surface area contributed by atoms with Gasteiger partial charge in [0.1, 0.15) is 0 Å². The molecular weight excluding hydrogens is 202 g/mol. The van der Waals surface area contributed by atoms with Gasteiger partial charge in [0, 0.05) is 6.54 Å². The van der Waals surface area contributed by atoms with Crippen molar-refractivity contribution in [3.63, 3.8) is 0 Å². The largest absolute Gasteiger partial charge is 0.465 e. The molecule has 3 heteroatoms. The molecule has 0 fully saturated rings. The first-order valence-electron chi connectivity index (χ1n) is 5.55. The molecule has 1 aromatic carbocycles. The molecule has 0 unspecified atom stereocenters. The van der Waals surface area contributed by atoms with Crippen molar-refractivity contribution < 1.29 is 9.90 Å². The van der Waals surface area contributed by atoms with Crippen LogP contribution in [0.2, 0.25) is 0 Å². The van der Waals surface area contributed by atoms with E-state index in [1.54, 1.807) is 0 Å². The van der Waals surface area contributed by atoms with Crippen LogP contribution in [0.3, 0.4) is 0 Å². The Labute approximate surface area is 96.7 Å².